The van der Waals surface area contributed by atoms with Gasteiger partial charge in [0.25, 0.3) is 5.91 Å². The summed E-state index contributed by atoms with van der Waals surface area (Å²) < 4.78 is 29.1. The number of carbonyl (C=O) groups excluding carboxylic acids is 1. The van der Waals surface area contributed by atoms with Gasteiger partial charge in [0, 0.05) is 30.9 Å². The largest absolute Gasteiger partial charge is 0.305 e. The SMILES string of the molecule is Cc1ccc(S(=O)(=O)N2CCCCC2)cc1C(=O)Nc1ccn(-c2ccccc2)n1. The average Bonchev–Trinajstić information content (AvgIpc) is 3.23. The highest BCUT2D eigenvalue weighted by Crippen LogP contribution is 2.23. The van der Waals surface area contributed by atoms with Gasteiger partial charge in [0.15, 0.2) is 5.82 Å². The number of hydrogen-bond donors (Lipinski definition) is 1. The van der Waals surface area contributed by atoms with Crippen LogP contribution in [0.25, 0.3) is 5.69 Å². The quantitative estimate of drug-likeness (QED) is 0.678. The second-order valence-electron chi connectivity index (χ2n) is 7.38. The molecule has 1 aliphatic rings. The summed E-state index contributed by atoms with van der Waals surface area (Å²) in [5, 5.41) is 7.15. The Bertz CT molecular complexity index is 1150. The summed E-state index contributed by atoms with van der Waals surface area (Å²) in [6.07, 6.45) is 4.53. The number of aryl methyl sites for hydroxylation is 1. The fourth-order valence-corrected chi connectivity index (χ4v) is 5.10. The number of aromatic nitrogens is 2. The number of sulfonamides is 1. The summed E-state index contributed by atoms with van der Waals surface area (Å²) in [5.41, 5.74) is 1.90. The number of piperidine rings is 1. The first-order valence-electron chi connectivity index (χ1n) is 9.98. The summed E-state index contributed by atoms with van der Waals surface area (Å²) in [6, 6.07) is 16.0. The van der Waals surface area contributed by atoms with Gasteiger partial charge in [0.05, 0.1) is 10.6 Å². The Hall–Kier alpha value is -2.97. The Kier molecular flexibility index (Phi) is 5.69. The Balaban J connectivity index is 1.56. The van der Waals surface area contributed by atoms with Crippen molar-refractivity contribution in [2.45, 2.75) is 31.1 Å². The van der Waals surface area contributed by atoms with Crippen molar-refractivity contribution in [1.29, 1.82) is 0 Å². The predicted molar refractivity (Wildman–Crippen MR) is 115 cm³/mol. The van der Waals surface area contributed by atoms with Crippen LogP contribution in [0.4, 0.5) is 5.82 Å². The van der Waals surface area contributed by atoms with Crippen LogP contribution >= 0.6 is 0 Å². The Morgan fingerprint density at radius 1 is 1.00 bits per heavy atom. The summed E-state index contributed by atoms with van der Waals surface area (Å²) in [5.74, 6) is 0.00838. The number of benzene rings is 2. The van der Waals surface area contributed by atoms with Crippen molar-refractivity contribution in [3.05, 3.63) is 71.9 Å². The van der Waals surface area contributed by atoms with Gasteiger partial charge in [0.2, 0.25) is 10.0 Å². The molecule has 0 spiro atoms. The van der Waals surface area contributed by atoms with E-state index in [4.69, 9.17) is 0 Å². The lowest BCUT2D eigenvalue weighted by atomic mass is 10.1. The van der Waals surface area contributed by atoms with Crippen LogP contribution in [0.1, 0.15) is 35.2 Å². The molecular formula is C22H24N4O3S. The highest BCUT2D eigenvalue weighted by atomic mass is 32.2. The molecule has 1 amide bonds. The third-order valence-electron chi connectivity index (χ3n) is 5.26. The summed E-state index contributed by atoms with van der Waals surface area (Å²) >= 11 is 0. The van der Waals surface area contributed by atoms with Gasteiger partial charge in [-0.05, 0) is 49.6 Å². The van der Waals surface area contributed by atoms with Crippen LogP contribution in [0.5, 0.6) is 0 Å². The second kappa shape index (κ2) is 8.41. The van der Waals surface area contributed by atoms with Gasteiger partial charge >= 0.3 is 0 Å². The lowest BCUT2D eigenvalue weighted by molar-refractivity contribution is 0.102. The molecular weight excluding hydrogens is 400 g/mol. The molecule has 0 aliphatic carbocycles. The highest BCUT2D eigenvalue weighted by Gasteiger charge is 2.27. The van der Waals surface area contributed by atoms with Crippen molar-refractivity contribution < 1.29 is 13.2 Å². The second-order valence-corrected chi connectivity index (χ2v) is 9.31. The van der Waals surface area contributed by atoms with Crippen molar-refractivity contribution in [1.82, 2.24) is 14.1 Å². The number of nitrogens with zero attached hydrogens (tertiary/aromatic N) is 3. The van der Waals surface area contributed by atoms with Crippen LogP contribution in [0, 0.1) is 6.92 Å². The zero-order chi connectivity index (χ0) is 21.1. The van der Waals surface area contributed by atoms with Crippen molar-refractivity contribution in [3.63, 3.8) is 0 Å². The first kappa shape index (κ1) is 20.3. The average molecular weight is 425 g/mol. The van der Waals surface area contributed by atoms with E-state index in [9.17, 15) is 13.2 Å². The normalized spacial score (nSPS) is 15.1. The van der Waals surface area contributed by atoms with Crippen molar-refractivity contribution >= 4 is 21.7 Å². The van der Waals surface area contributed by atoms with Crippen molar-refractivity contribution in [2.75, 3.05) is 18.4 Å². The topological polar surface area (TPSA) is 84.3 Å². The number of hydrogen-bond acceptors (Lipinski definition) is 4. The van der Waals surface area contributed by atoms with E-state index >= 15 is 0 Å². The minimum Gasteiger partial charge on any atom is -0.305 e. The molecule has 30 heavy (non-hydrogen) atoms. The van der Waals surface area contributed by atoms with E-state index in [0.717, 1.165) is 24.9 Å². The van der Waals surface area contributed by atoms with Crippen LogP contribution in [0.2, 0.25) is 0 Å². The number of amides is 1. The van der Waals surface area contributed by atoms with Gasteiger partial charge in [-0.25, -0.2) is 13.1 Å². The van der Waals surface area contributed by atoms with Gasteiger partial charge in [-0.15, -0.1) is 0 Å². The van der Waals surface area contributed by atoms with Crippen molar-refractivity contribution in [3.8, 4) is 5.69 Å². The van der Waals surface area contributed by atoms with Crippen LogP contribution in [0.3, 0.4) is 0 Å². The maximum atomic E-state index is 13.0. The molecule has 0 atom stereocenters. The van der Waals surface area contributed by atoms with E-state index in [0.29, 0.717) is 30.0 Å². The smallest absolute Gasteiger partial charge is 0.257 e. The fourth-order valence-electron chi connectivity index (χ4n) is 3.56. The molecule has 1 N–H and O–H groups in total. The summed E-state index contributed by atoms with van der Waals surface area (Å²) in [4.78, 5) is 13.0. The maximum Gasteiger partial charge on any atom is 0.257 e. The number of anilines is 1. The molecule has 0 unspecified atom stereocenters. The highest BCUT2D eigenvalue weighted by molar-refractivity contribution is 7.89. The Morgan fingerprint density at radius 3 is 2.47 bits per heavy atom. The number of nitrogens with one attached hydrogen (secondary N) is 1. The lowest BCUT2D eigenvalue weighted by Crippen LogP contribution is -2.35. The Morgan fingerprint density at radius 2 is 1.73 bits per heavy atom. The van der Waals surface area contributed by atoms with Gasteiger partial charge in [-0.3, -0.25) is 4.79 Å². The molecule has 3 aromatic rings. The summed E-state index contributed by atoms with van der Waals surface area (Å²) in [7, 11) is -3.61. The van der Waals surface area contributed by atoms with Crippen LogP contribution in [0.15, 0.2) is 65.7 Å². The van der Waals surface area contributed by atoms with Crippen molar-refractivity contribution in [2.24, 2.45) is 0 Å². The van der Waals surface area contributed by atoms with Gasteiger partial charge < -0.3 is 5.32 Å². The molecule has 1 aliphatic heterocycles. The number of para-hydroxylation sites is 1. The number of carbonyl (C=O) groups is 1. The van der Waals surface area contributed by atoms with Gasteiger partial charge in [-0.2, -0.15) is 9.40 Å². The molecule has 7 nitrogen and oxygen atoms in total. The molecule has 0 saturated carbocycles. The molecule has 2 heterocycles. The van der Waals surface area contributed by atoms with E-state index in [2.05, 4.69) is 10.4 Å². The third-order valence-corrected chi connectivity index (χ3v) is 7.15. The fraction of sp³-hybridized carbons (Fsp3) is 0.273. The molecule has 0 radical (unpaired) electrons. The molecule has 1 fully saturated rings. The first-order chi connectivity index (χ1) is 14.4. The van der Waals surface area contributed by atoms with E-state index in [1.807, 2.05) is 30.3 Å². The molecule has 4 rings (SSSR count). The molecule has 1 saturated heterocycles. The third kappa shape index (κ3) is 4.15. The van der Waals surface area contributed by atoms with Crippen LogP contribution in [-0.4, -0.2) is 41.5 Å². The van der Waals surface area contributed by atoms with E-state index in [1.54, 1.807) is 36.0 Å². The minimum absolute atomic E-state index is 0.148. The zero-order valence-corrected chi connectivity index (χ0v) is 17.6. The van der Waals surface area contributed by atoms with Crippen LogP contribution in [-0.2, 0) is 10.0 Å². The van der Waals surface area contributed by atoms with E-state index in [1.165, 1.54) is 10.4 Å². The van der Waals surface area contributed by atoms with Gasteiger partial charge in [0.1, 0.15) is 0 Å². The molecule has 2 aromatic carbocycles. The van der Waals surface area contributed by atoms with E-state index < -0.39 is 10.0 Å². The molecule has 156 valence electrons. The number of rotatable bonds is 5. The van der Waals surface area contributed by atoms with E-state index in [-0.39, 0.29) is 10.8 Å². The monoisotopic (exact) mass is 424 g/mol. The molecule has 0 bridgehead atoms. The lowest BCUT2D eigenvalue weighted by Gasteiger charge is -2.26. The minimum atomic E-state index is -3.61. The predicted octanol–water partition coefficient (Wildman–Crippen LogP) is 3.61. The Labute approximate surface area is 176 Å². The maximum absolute atomic E-state index is 13.0. The zero-order valence-electron chi connectivity index (χ0n) is 16.8. The first-order valence-corrected chi connectivity index (χ1v) is 11.4. The summed E-state index contributed by atoms with van der Waals surface area (Å²) in [6.45, 7) is 2.83. The van der Waals surface area contributed by atoms with Crippen LogP contribution < -0.4 is 5.32 Å². The molecule has 1 aromatic heterocycles. The molecule has 8 heteroatoms. The van der Waals surface area contributed by atoms with Gasteiger partial charge in [-0.1, -0.05) is 30.7 Å². The standard InChI is InChI=1S/C22H24N4O3S/c1-17-10-11-19(30(28,29)25-13-6-3-7-14-25)16-20(17)22(27)23-21-12-15-26(24-21)18-8-4-2-5-9-18/h2,4-5,8-12,15-16H,3,6-7,13-14H2,1H3,(H,23,24,27).